The number of carbonyl (C=O) groups is 1. The van der Waals surface area contributed by atoms with Gasteiger partial charge < -0.3 is 21.5 Å². The van der Waals surface area contributed by atoms with Crippen LogP contribution in [0, 0.1) is 6.92 Å². The molecule has 0 aliphatic heterocycles. The van der Waals surface area contributed by atoms with E-state index in [1.54, 1.807) is 6.92 Å². The normalized spacial score (nSPS) is 13.0. The average molecular weight is 444 g/mol. The molecule has 0 bridgehead atoms. The zero-order chi connectivity index (χ0) is 22.3. The highest BCUT2D eigenvalue weighted by atomic mass is 32.1. The fourth-order valence-corrected chi connectivity index (χ4v) is 3.43. The van der Waals surface area contributed by atoms with E-state index in [1.165, 1.54) is 35.6 Å². The van der Waals surface area contributed by atoms with Gasteiger partial charge in [-0.3, -0.25) is 10.3 Å². The van der Waals surface area contributed by atoms with Crippen molar-refractivity contribution in [2.45, 2.75) is 39.1 Å². The topological polar surface area (TPSA) is 128 Å². The lowest BCUT2D eigenvalue weighted by Crippen LogP contribution is -2.44. The number of guanidine groups is 1. The number of nitrogens with zero attached hydrogens (tertiary/aromatic N) is 2. The van der Waals surface area contributed by atoms with Gasteiger partial charge >= 0.3 is 12.4 Å². The quantitative estimate of drug-likeness (QED) is 0.296. The Morgan fingerprint density at radius 1 is 1.33 bits per heavy atom. The van der Waals surface area contributed by atoms with Gasteiger partial charge in [-0.1, -0.05) is 12.1 Å². The summed E-state index contributed by atoms with van der Waals surface area (Å²) in [6, 6.07) is 4.15. The van der Waals surface area contributed by atoms with Crippen LogP contribution in [0.1, 0.15) is 35.5 Å². The van der Waals surface area contributed by atoms with E-state index in [0.717, 1.165) is 23.4 Å². The summed E-state index contributed by atoms with van der Waals surface area (Å²) in [7, 11) is 0. The zero-order valence-electron chi connectivity index (χ0n) is 16.4. The van der Waals surface area contributed by atoms with E-state index in [1.807, 2.05) is 6.92 Å². The minimum absolute atomic E-state index is 0.0332. The van der Waals surface area contributed by atoms with Crippen LogP contribution in [-0.2, 0) is 6.42 Å². The molecule has 1 aromatic heterocycles. The maximum absolute atomic E-state index is 12.2. The van der Waals surface area contributed by atoms with Crippen LogP contribution in [0.25, 0.3) is 0 Å². The van der Waals surface area contributed by atoms with E-state index in [4.69, 9.17) is 11.5 Å². The number of aryl methyl sites for hydroxylation is 2. The molecule has 2 amide bonds. The van der Waals surface area contributed by atoms with Crippen LogP contribution < -0.4 is 26.8 Å². The number of halogens is 3. The number of anilines is 1. The number of amides is 2. The second-order valence-corrected chi connectivity index (χ2v) is 7.48. The molecule has 0 aliphatic rings. The molecule has 0 spiro atoms. The first kappa shape index (κ1) is 23.3. The smallest absolute Gasteiger partial charge is 0.406 e. The number of aliphatic imine (C=N–C) groups is 1. The van der Waals surface area contributed by atoms with Crippen molar-refractivity contribution in [3.8, 4) is 5.75 Å². The van der Waals surface area contributed by atoms with Crippen molar-refractivity contribution in [1.82, 2.24) is 15.6 Å². The average Bonchev–Trinajstić information content (AvgIpc) is 2.95. The summed E-state index contributed by atoms with van der Waals surface area (Å²) in [4.78, 5) is 21.4. The molecule has 6 N–H and O–H groups in total. The SMILES string of the molecule is Cc1nc(N)sc1CCCN=C(N)NC(=O)NC(C)c1ccc(OC(F)(F)F)cc1. The lowest BCUT2D eigenvalue weighted by molar-refractivity contribution is -0.274. The molecule has 164 valence electrons. The van der Waals surface area contributed by atoms with Crippen molar-refractivity contribution in [3.63, 3.8) is 0 Å². The molecule has 0 aliphatic carbocycles. The molecular formula is C18H23F3N6O2S. The third-order valence-electron chi connectivity index (χ3n) is 3.96. The first-order valence-electron chi connectivity index (χ1n) is 8.98. The first-order chi connectivity index (χ1) is 14.0. The highest BCUT2D eigenvalue weighted by Crippen LogP contribution is 2.24. The fraction of sp³-hybridized carbons (Fsp3) is 0.389. The van der Waals surface area contributed by atoms with E-state index < -0.39 is 18.4 Å². The summed E-state index contributed by atoms with van der Waals surface area (Å²) in [5.41, 5.74) is 12.9. The third kappa shape index (κ3) is 7.78. The number of nitrogen functional groups attached to an aromatic ring is 1. The lowest BCUT2D eigenvalue weighted by atomic mass is 10.1. The molecule has 1 aromatic carbocycles. The van der Waals surface area contributed by atoms with Gasteiger partial charge in [0.15, 0.2) is 11.1 Å². The summed E-state index contributed by atoms with van der Waals surface area (Å²) < 4.78 is 40.4. The molecule has 2 rings (SSSR count). The second-order valence-electron chi connectivity index (χ2n) is 6.37. The largest absolute Gasteiger partial charge is 0.573 e. The molecule has 1 heterocycles. The van der Waals surface area contributed by atoms with Gasteiger partial charge in [0.05, 0.1) is 11.7 Å². The number of alkyl halides is 3. The van der Waals surface area contributed by atoms with Crippen molar-refractivity contribution in [1.29, 1.82) is 0 Å². The van der Waals surface area contributed by atoms with Gasteiger partial charge in [0.25, 0.3) is 0 Å². The molecule has 0 radical (unpaired) electrons. The van der Waals surface area contributed by atoms with Crippen LogP contribution >= 0.6 is 11.3 Å². The van der Waals surface area contributed by atoms with Crippen molar-refractivity contribution in [3.05, 3.63) is 40.4 Å². The maximum Gasteiger partial charge on any atom is 0.573 e. The lowest BCUT2D eigenvalue weighted by Gasteiger charge is -2.16. The van der Waals surface area contributed by atoms with E-state index in [9.17, 15) is 18.0 Å². The highest BCUT2D eigenvalue weighted by Gasteiger charge is 2.31. The Morgan fingerprint density at radius 3 is 2.57 bits per heavy atom. The predicted octanol–water partition coefficient (Wildman–Crippen LogP) is 3.24. The summed E-state index contributed by atoms with van der Waals surface area (Å²) in [6.07, 6.45) is -3.28. The highest BCUT2D eigenvalue weighted by molar-refractivity contribution is 7.15. The number of hydrogen-bond acceptors (Lipinski definition) is 6. The first-order valence-corrected chi connectivity index (χ1v) is 9.80. The van der Waals surface area contributed by atoms with Crippen LogP contribution in [0.5, 0.6) is 5.75 Å². The van der Waals surface area contributed by atoms with E-state index in [2.05, 4.69) is 25.3 Å². The molecule has 1 unspecified atom stereocenters. The van der Waals surface area contributed by atoms with Crippen LogP contribution in [-0.4, -0.2) is 29.9 Å². The van der Waals surface area contributed by atoms with Crippen LogP contribution in [0.15, 0.2) is 29.3 Å². The number of aromatic nitrogens is 1. The van der Waals surface area contributed by atoms with E-state index in [0.29, 0.717) is 17.2 Å². The fourth-order valence-electron chi connectivity index (χ4n) is 2.55. The third-order valence-corrected chi connectivity index (χ3v) is 5.00. The van der Waals surface area contributed by atoms with Gasteiger partial charge in [0.2, 0.25) is 0 Å². The minimum atomic E-state index is -4.75. The predicted molar refractivity (Wildman–Crippen MR) is 109 cm³/mol. The van der Waals surface area contributed by atoms with Gasteiger partial charge in [0.1, 0.15) is 5.75 Å². The molecule has 8 nitrogen and oxygen atoms in total. The minimum Gasteiger partial charge on any atom is -0.406 e. The zero-order valence-corrected chi connectivity index (χ0v) is 17.2. The number of nitrogens with one attached hydrogen (secondary N) is 2. The van der Waals surface area contributed by atoms with Gasteiger partial charge in [-0.25, -0.2) is 9.78 Å². The molecule has 12 heteroatoms. The second kappa shape index (κ2) is 10.1. The molecule has 0 saturated carbocycles. The Hall–Kier alpha value is -3.02. The van der Waals surface area contributed by atoms with Crippen molar-refractivity contribution < 1.29 is 22.7 Å². The number of thiazole rings is 1. The number of hydrogen-bond donors (Lipinski definition) is 4. The van der Waals surface area contributed by atoms with Crippen molar-refractivity contribution in [2.24, 2.45) is 10.7 Å². The number of benzene rings is 1. The number of carbonyl (C=O) groups excluding carboxylic acids is 1. The Morgan fingerprint density at radius 2 is 2.00 bits per heavy atom. The van der Waals surface area contributed by atoms with E-state index >= 15 is 0 Å². The Kier molecular flexibility index (Phi) is 7.86. The Labute approximate surface area is 175 Å². The van der Waals surface area contributed by atoms with Gasteiger partial charge in [0, 0.05) is 11.4 Å². The molecule has 30 heavy (non-hydrogen) atoms. The summed E-state index contributed by atoms with van der Waals surface area (Å²) >= 11 is 1.44. The molecule has 1 atom stereocenters. The molecule has 2 aromatic rings. The standard InChI is InChI=1S/C18H23F3N6O2S/c1-10(12-5-7-13(8-6-12)29-18(19,20)21)26-17(28)27-15(22)24-9-3-4-14-11(2)25-16(23)30-14/h5-8,10H,3-4,9H2,1-2H3,(H2,23,25)(H4,22,24,26,27,28). The monoisotopic (exact) mass is 444 g/mol. The number of urea groups is 1. The Balaban J connectivity index is 1.76. The van der Waals surface area contributed by atoms with Crippen LogP contribution in [0.2, 0.25) is 0 Å². The summed E-state index contributed by atoms with van der Waals surface area (Å²) in [6.45, 7) is 3.99. The summed E-state index contributed by atoms with van der Waals surface area (Å²) in [5.74, 6) is -0.371. The van der Waals surface area contributed by atoms with Crippen LogP contribution in [0.4, 0.5) is 23.1 Å². The van der Waals surface area contributed by atoms with Crippen LogP contribution in [0.3, 0.4) is 0 Å². The Bertz CT molecular complexity index is 883. The number of nitrogens with two attached hydrogens (primary N) is 2. The number of rotatable bonds is 7. The van der Waals surface area contributed by atoms with E-state index in [-0.39, 0.29) is 11.7 Å². The molecular weight excluding hydrogens is 421 g/mol. The van der Waals surface area contributed by atoms with Crippen molar-refractivity contribution >= 4 is 28.5 Å². The van der Waals surface area contributed by atoms with Crippen molar-refractivity contribution in [2.75, 3.05) is 12.3 Å². The molecule has 0 saturated heterocycles. The van der Waals surface area contributed by atoms with Gasteiger partial charge in [-0.15, -0.1) is 24.5 Å². The number of ether oxygens (including phenoxy) is 1. The summed E-state index contributed by atoms with van der Waals surface area (Å²) in [5, 5.41) is 5.57. The molecule has 0 fully saturated rings. The van der Waals surface area contributed by atoms with Gasteiger partial charge in [-0.2, -0.15) is 0 Å². The van der Waals surface area contributed by atoms with Gasteiger partial charge in [-0.05, 0) is 44.4 Å². The maximum atomic E-state index is 12.2.